The number of likely N-dealkylation sites (tertiary alicyclic amines) is 1. The van der Waals surface area contributed by atoms with Crippen molar-refractivity contribution in [3.63, 3.8) is 0 Å². The summed E-state index contributed by atoms with van der Waals surface area (Å²) in [4.78, 5) is 49.5. The lowest BCUT2D eigenvalue weighted by Crippen LogP contribution is -2.62. The predicted octanol–water partition coefficient (Wildman–Crippen LogP) is 4.50. The van der Waals surface area contributed by atoms with Crippen molar-refractivity contribution in [1.29, 1.82) is 0 Å². The molecular weight excluding hydrogens is 556 g/mol. The number of rotatable bonds is 9. The number of carboxylic acids is 2. The number of carbonyl (C=O) groups is 4. The quantitative estimate of drug-likeness (QED) is 0.324. The van der Waals surface area contributed by atoms with Gasteiger partial charge < -0.3 is 14.9 Å². The number of esters is 1. The fourth-order valence-corrected chi connectivity index (χ4v) is 4.64. The molecule has 38 heavy (non-hydrogen) atoms. The fraction of sp³-hybridized carbons (Fsp3) is 0.357. The molecule has 2 aromatic carbocycles. The fourth-order valence-electron chi connectivity index (χ4n) is 4.25. The summed E-state index contributed by atoms with van der Waals surface area (Å²) in [5, 5.41) is 15.6. The van der Waals surface area contributed by atoms with Gasteiger partial charge in [0.05, 0.1) is 6.61 Å². The van der Waals surface area contributed by atoms with Crippen LogP contribution < -0.4 is 4.90 Å². The standard InChI is InChI=1S/C24H29BrN2O3.C4H4O4/c1-3-22(28)27(21-12-8-11-20(25)17-21)24(23(29)30-4-2)13-15-26(16-14-24)18-19-9-6-5-7-10-19;5-3(6)1-2-4(7)8/h5-12,17H,3-4,13-16,18H2,1-2H3;1-2H,(H,5,6)(H,7,8)/b;2-1-. The number of piperidine rings is 1. The molecule has 1 fully saturated rings. The van der Waals surface area contributed by atoms with Gasteiger partial charge in [0.1, 0.15) is 5.54 Å². The molecule has 1 aliphatic heterocycles. The van der Waals surface area contributed by atoms with Crippen molar-refractivity contribution < 1.29 is 34.1 Å². The van der Waals surface area contributed by atoms with Crippen LogP contribution in [0.15, 0.2) is 71.2 Å². The van der Waals surface area contributed by atoms with E-state index >= 15 is 0 Å². The van der Waals surface area contributed by atoms with Crippen LogP contribution in [0.25, 0.3) is 0 Å². The SMILES string of the molecule is CCOC(=O)C1(N(C(=O)CC)c2cccc(Br)c2)CCN(Cc2ccccc2)CC1.O=C(O)/C=C\C(=O)O. The molecule has 3 rings (SSSR count). The monoisotopic (exact) mass is 588 g/mol. The molecule has 10 heteroatoms. The highest BCUT2D eigenvalue weighted by Crippen LogP contribution is 2.36. The van der Waals surface area contributed by atoms with Gasteiger partial charge in [-0.2, -0.15) is 0 Å². The van der Waals surface area contributed by atoms with Crippen LogP contribution in [0.2, 0.25) is 0 Å². The Kier molecular flexibility index (Phi) is 12.2. The van der Waals surface area contributed by atoms with Crippen molar-refractivity contribution in [3.8, 4) is 0 Å². The molecule has 1 amide bonds. The highest BCUT2D eigenvalue weighted by molar-refractivity contribution is 9.10. The number of anilines is 1. The Morgan fingerprint density at radius 2 is 1.58 bits per heavy atom. The van der Waals surface area contributed by atoms with Crippen molar-refractivity contribution in [3.05, 3.63) is 76.8 Å². The molecule has 0 spiro atoms. The van der Waals surface area contributed by atoms with E-state index in [4.69, 9.17) is 14.9 Å². The van der Waals surface area contributed by atoms with E-state index in [1.165, 1.54) is 5.56 Å². The lowest BCUT2D eigenvalue weighted by Gasteiger charge is -2.46. The topological polar surface area (TPSA) is 124 Å². The lowest BCUT2D eigenvalue weighted by molar-refractivity contribution is -0.153. The molecule has 204 valence electrons. The molecule has 1 heterocycles. The molecule has 1 saturated heterocycles. The highest BCUT2D eigenvalue weighted by Gasteiger charge is 2.50. The summed E-state index contributed by atoms with van der Waals surface area (Å²) < 4.78 is 6.37. The maximum atomic E-state index is 13.3. The number of hydrogen-bond acceptors (Lipinski definition) is 6. The summed E-state index contributed by atoms with van der Waals surface area (Å²) in [6, 6.07) is 17.9. The number of hydrogen-bond donors (Lipinski definition) is 2. The van der Waals surface area contributed by atoms with Crippen molar-refractivity contribution in [2.45, 2.75) is 45.2 Å². The average Bonchev–Trinajstić information content (AvgIpc) is 2.89. The molecule has 0 aromatic heterocycles. The zero-order valence-corrected chi connectivity index (χ0v) is 23.1. The summed E-state index contributed by atoms with van der Waals surface area (Å²) in [6.07, 6.45) is 2.51. The van der Waals surface area contributed by atoms with E-state index in [-0.39, 0.29) is 11.9 Å². The third-order valence-electron chi connectivity index (χ3n) is 6.00. The largest absolute Gasteiger partial charge is 0.478 e. The van der Waals surface area contributed by atoms with Crippen molar-refractivity contribution in [2.24, 2.45) is 0 Å². The summed E-state index contributed by atoms with van der Waals surface area (Å²) in [7, 11) is 0. The summed E-state index contributed by atoms with van der Waals surface area (Å²) in [6.45, 7) is 6.20. The summed E-state index contributed by atoms with van der Waals surface area (Å²) >= 11 is 3.50. The first kappa shape index (κ1) is 30.7. The molecule has 0 aliphatic carbocycles. The molecule has 0 unspecified atom stereocenters. The molecule has 0 bridgehead atoms. The van der Waals surface area contributed by atoms with Gasteiger partial charge in [-0.1, -0.05) is 59.3 Å². The second kappa shape index (κ2) is 15.0. The van der Waals surface area contributed by atoms with Gasteiger partial charge in [-0.25, -0.2) is 14.4 Å². The minimum absolute atomic E-state index is 0.0716. The van der Waals surface area contributed by atoms with Crippen LogP contribution in [0.4, 0.5) is 5.69 Å². The first-order chi connectivity index (χ1) is 18.1. The first-order valence-electron chi connectivity index (χ1n) is 12.3. The Morgan fingerprint density at radius 3 is 2.08 bits per heavy atom. The van der Waals surface area contributed by atoms with E-state index in [1.54, 1.807) is 11.8 Å². The number of aliphatic carboxylic acids is 2. The number of ether oxygens (including phenoxy) is 1. The number of halogens is 1. The van der Waals surface area contributed by atoms with Gasteiger partial charge in [-0.05, 0) is 43.5 Å². The number of amides is 1. The second-order valence-corrected chi connectivity index (χ2v) is 9.50. The summed E-state index contributed by atoms with van der Waals surface area (Å²) in [5.74, 6) is -2.90. The van der Waals surface area contributed by atoms with Crippen LogP contribution in [0.1, 0.15) is 38.7 Å². The molecule has 9 nitrogen and oxygen atoms in total. The third kappa shape index (κ3) is 8.81. The van der Waals surface area contributed by atoms with Gasteiger partial charge in [0, 0.05) is 48.4 Å². The Hall–Kier alpha value is -3.50. The number of nitrogens with zero attached hydrogens (tertiary/aromatic N) is 2. The van der Waals surface area contributed by atoms with E-state index in [2.05, 4.69) is 33.0 Å². The van der Waals surface area contributed by atoms with Crippen LogP contribution in [0, 0.1) is 0 Å². The molecular formula is C28H33BrN2O7. The summed E-state index contributed by atoms with van der Waals surface area (Å²) in [5.41, 5.74) is 0.979. The van der Waals surface area contributed by atoms with E-state index in [0.29, 0.717) is 38.0 Å². The zero-order valence-electron chi connectivity index (χ0n) is 21.5. The highest BCUT2D eigenvalue weighted by atomic mass is 79.9. The van der Waals surface area contributed by atoms with Crippen molar-refractivity contribution >= 4 is 45.4 Å². The molecule has 0 atom stereocenters. The van der Waals surface area contributed by atoms with Gasteiger partial charge in [0.15, 0.2) is 0 Å². The predicted molar refractivity (Wildman–Crippen MR) is 147 cm³/mol. The maximum absolute atomic E-state index is 13.3. The number of benzene rings is 2. The van der Waals surface area contributed by atoms with Gasteiger partial charge in [-0.3, -0.25) is 14.6 Å². The number of carbonyl (C=O) groups excluding carboxylic acids is 2. The lowest BCUT2D eigenvalue weighted by atomic mass is 9.84. The van der Waals surface area contributed by atoms with Crippen LogP contribution in [0.3, 0.4) is 0 Å². The first-order valence-corrected chi connectivity index (χ1v) is 13.1. The van der Waals surface area contributed by atoms with E-state index in [1.807, 2.05) is 49.4 Å². The minimum atomic E-state index is -1.26. The average molecular weight is 589 g/mol. The Balaban J connectivity index is 0.000000550. The molecule has 1 aliphatic rings. The number of carboxylic acid groups (broad SMARTS) is 2. The van der Waals surface area contributed by atoms with Gasteiger partial charge in [0.2, 0.25) is 5.91 Å². The Labute approximate surface area is 230 Å². The van der Waals surface area contributed by atoms with Crippen molar-refractivity contribution in [1.82, 2.24) is 4.90 Å². The normalized spacial score (nSPS) is 14.7. The van der Waals surface area contributed by atoms with Gasteiger partial charge >= 0.3 is 17.9 Å². The van der Waals surface area contributed by atoms with Crippen LogP contribution >= 0.6 is 15.9 Å². The molecule has 0 radical (unpaired) electrons. The van der Waals surface area contributed by atoms with Crippen LogP contribution in [-0.4, -0.2) is 64.2 Å². The smallest absolute Gasteiger partial charge is 0.332 e. The molecule has 0 saturated carbocycles. The van der Waals surface area contributed by atoms with Crippen molar-refractivity contribution in [2.75, 3.05) is 24.6 Å². The van der Waals surface area contributed by atoms with Gasteiger partial charge in [0.25, 0.3) is 0 Å². The molecule has 2 N–H and O–H groups in total. The maximum Gasteiger partial charge on any atom is 0.332 e. The minimum Gasteiger partial charge on any atom is -0.478 e. The molecule has 2 aromatic rings. The van der Waals surface area contributed by atoms with E-state index < -0.39 is 17.5 Å². The Bertz CT molecular complexity index is 1110. The van der Waals surface area contributed by atoms with Gasteiger partial charge in [-0.15, -0.1) is 0 Å². The third-order valence-corrected chi connectivity index (χ3v) is 6.50. The van der Waals surface area contributed by atoms with Crippen LogP contribution in [-0.2, 0) is 30.5 Å². The van der Waals surface area contributed by atoms with Crippen LogP contribution in [0.5, 0.6) is 0 Å². The zero-order chi connectivity index (χ0) is 28.1. The Morgan fingerprint density at radius 1 is 0.974 bits per heavy atom. The second-order valence-electron chi connectivity index (χ2n) is 8.59. The van der Waals surface area contributed by atoms with E-state index in [0.717, 1.165) is 29.8 Å². The van der Waals surface area contributed by atoms with E-state index in [9.17, 15) is 19.2 Å².